The van der Waals surface area contributed by atoms with Gasteiger partial charge in [0, 0.05) is 43.3 Å². The number of nitrogens with zero attached hydrogens (tertiary/aromatic N) is 2. The van der Waals surface area contributed by atoms with Gasteiger partial charge in [-0.05, 0) is 31.5 Å². The number of benzene rings is 1. The average molecular weight is 290 g/mol. The monoisotopic (exact) mass is 289 g/mol. The molecule has 3 nitrogen and oxygen atoms in total. The van der Waals surface area contributed by atoms with E-state index in [9.17, 15) is 0 Å². The Bertz CT molecular complexity index is 604. The predicted molar refractivity (Wildman–Crippen MR) is 84.1 cm³/mol. The molecule has 1 aromatic carbocycles. The molecule has 2 heterocycles. The number of rotatable bonds is 2. The molecule has 0 bridgehead atoms. The van der Waals surface area contributed by atoms with E-state index in [2.05, 4.69) is 47.2 Å². The van der Waals surface area contributed by atoms with Crippen molar-refractivity contribution in [1.82, 2.24) is 15.2 Å². The van der Waals surface area contributed by atoms with Crippen LogP contribution in [0.4, 0.5) is 0 Å². The van der Waals surface area contributed by atoms with Gasteiger partial charge in [-0.3, -0.25) is 9.88 Å². The van der Waals surface area contributed by atoms with E-state index in [1.54, 1.807) is 6.20 Å². The Morgan fingerprint density at radius 3 is 2.75 bits per heavy atom. The molecule has 2 aromatic rings. The van der Waals surface area contributed by atoms with Gasteiger partial charge < -0.3 is 5.32 Å². The minimum Gasteiger partial charge on any atom is -0.309 e. The van der Waals surface area contributed by atoms with Crippen molar-refractivity contribution in [1.29, 1.82) is 0 Å². The molecular formula is C16H20ClN3. The van der Waals surface area contributed by atoms with E-state index in [4.69, 9.17) is 11.6 Å². The zero-order chi connectivity index (χ0) is 14.1. The summed E-state index contributed by atoms with van der Waals surface area (Å²) < 4.78 is 0. The lowest BCUT2D eigenvalue weighted by molar-refractivity contribution is 0.166. The summed E-state index contributed by atoms with van der Waals surface area (Å²) in [7, 11) is 0. The standard InChI is InChI=1S/C16H20ClN3/c1-11-8-20(9-12(2)19-11)10-13-3-4-14-15(17)5-6-18-16(14)7-13/h3-7,11-12,19H,8-10H2,1-2H3/t11-,12+. The van der Waals surface area contributed by atoms with E-state index >= 15 is 0 Å². The number of nitrogens with one attached hydrogen (secondary N) is 1. The third kappa shape index (κ3) is 2.95. The molecule has 1 aromatic heterocycles. The van der Waals surface area contributed by atoms with Gasteiger partial charge in [-0.15, -0.1) is 0 Å². The van der Waals surface area contributed by atoms with Crippen molar-refractivity contribution in [2.45, 2.75) is 32.5 Å². The first-order valence-electron chi connectivity index (χ1n) is 7.13. The Morgan fingerprint density at radius 1 is 1.25 bits per heavy atom. The summed E-state index contributed by atoms with van der Waals surface area (Å²) in [6.07, 6.45) is 1.77. The summed E-state index contributed by atoms with van der Waals surface area (Å²) in [4.78, 5) is 6.91. The molecule has 3 rings (SSSR count). The highest BCUT2D eigenvalue weighted by Crippen LogP contribution is 2.23. The van der Waals surface area contributed by atoms with Crippen LogP contribution < -0.4 is 5.32 Å². The first-order valence-corrected chi connectivity index (χ1v) is 7.51. The second-order valence-corrected chi connectivity index (χ2v) is 6.21. The van der Waals surface area contributed by atoms with Gasteiger partial charge >= 0.3 is 0 Å². The fourth-order valence-electron chi connectivity index (χ4n) is 3.08. The molecule has 4 heteroatoms. The molecule has 1 N–H and O–H groups in total. The molecule has 0 amide bonds. The van der Waals surface area contributed by atoms with Crippen molar-refractivity contribution >= 4 is 22.5 Å². The summed E-state index contributed by atoms with van der Waals surface area (Å²) >= 11 is 6.18. The first-order chi connectivity index (χ1) is 9.61. The number of aromatic nitrogens is 1. The van der Waals surface area contributed by atoms with Crippen LogP contribution in [-0.2, 0) is 6.54 Å². The minimum absolute atomic E-state index is 0.548. The highest BCUT2D eigenvalue weighted by molar-refractivity contribution is 6.35. The zero-order valence-electron chi connectivity index (χ0n) is 11.9. The number of fused-ring (bicyclic) bond motifs is 1. The molecule has 0 spiro atoms. The number of hydrogen-bond donors (Lipinski definition) is 1. The first kappa shape index (κ1) is 13.8. The number of pyridine rings is 1. The summed E-state index contributed by atoms with van der Waals surface area (Å²) in [5.41, 5.74) is 2.28. The van der Waals surface area contributed by atoms with Crippen LogP contribution in [0, 0.1) is 0 Å². The Kier molecular flexibility index (Phi) is 3.92. The van der Waals surface area contributed by atoms with Crippen LogP contribution >= 0.6 is 11.6 Å². The van der Waals surface area contributed by atoms with E-state index in [1.807, 2.05) is 6.07 Å². The van der Waals surface area contributed by atoms with Crippen LogP contribution in [-0.4, -0.2) is 35.1 Å². The van der Waals surface area contributed by atoms with Gasteiger partial charge in [-0.25, -0.2) is 0 Å². The van der Waals surface area contributed by atoms with Crippen molar-refractivity contribution in [2.24, 2.45) is 0 Å². The van der Waals surface area contributed by atoms with Crippen LogP contribution in [0.3, 0.4) is 0 Å². The summed E-state index contributed by atoms with van der Waals surface area (Å²) in [6.45, 7) is 7.63. The molecular weight excluding hydrogens is 270 g/mol. The molecule has 0 saturated carbocycles. The Morgan fingerprint density at radius 2 is 2.00 bits per heavy atom. The summed E-state index contributed by atoms with van der Waals surface area (Å²) in [6, 6.07) is 9.32. The van der Waals surface area contributed by atoms with Crippen LogP contribution in [0.2, 0.25) is 5.02 Å². The lowest BCUT2D eigenvalue weighted by Crippen LogP contribution is -2.53. The van der Waals surface area contributed by atoms with E-state index in [0.717, 1.165) is 35.6 Å². The van der Waals surface area contributed by atoms with Crippen molar-refractivity contribution in [3.8, 4) is 0 Å². The van der Waals surface area contributed by atoms with Gasteiger partial charge in [0.25, 0.3) is 0 Å². The van der Waals surface area contributed by atoms with Crippen molar-refractivity contribution in [3.63, 3.8) is 0 Å². The molecule has 1 saturated heterocycles. The largest absolute Gasteiger partial charge is 0.309 e. The third-order valence-electron chi connectivity index (χ3n) is 3.79. The van der Waals surface area contributed by atoms with Crippen LogP contribution in [0.1, 0.15) is 19.4 Å². The van der Waals surface area contributed by atoms with Crippen LogP contribution in [0.5, 0.6) is 0 Å². The van der Waals surface area contributed by atoms with Gasteiger partial charge in [0.15, 0.2) is 0 Å². The molecule has 106 valence electrons. The van der Waals surface area contributed by atoms with E-state index in [0.29, 0.717) is 12.1 Å². The molecule has 20 heavy (non-hydrogen) atoms. The fraction of sp³-hybridized carbons (Fsp3) is 0.438. The lowest BCUT2D eigenvalue weighted by atomic mass is 10.1. The molecule has 1 aliphatic rings. The Labute approximate surface area is 124 Å². The van der Waals surface area contributed by atoms with Gasteiger partial charge in [0.1, 0.15) is 0 Å². The number of piperazine rings is 1. The van der Waals surface area contributed by atoms with Crippen molar-refractivity contribution < 1.29 is 0 Å². The Hall–Kier alpha value is -1.16. The quantitative estimate of drug-likeness (QED) is 0.921. The Balaban J connectivity index is 1.81. The lowest BCUT2D eigenvalue weighted by Gasteiger charge is -2.36. The highest BCUT2D eigenvalue weighted by Gasteiger charge is 2.20. The predicted octanol–water partition coefficient (Wildman–Crippen LogP) is 3.07. The van der Waals surface area contributed by atoms with E-state index < -0.39 is 0 Å². The topological polar surface area (TPSA) is 28.2 Å². The third-order valence-corrected chi connectivity index (χ3v) is 4.12. The number of hydrogen-bond acceptors (Lipinski definition) is 3. The summed E-state index contributed by atoms with van der Waals surface area (Å²) in [5, 5.41) is 5.36. The maximum Gasteiger partial charge on any atom is 0.0720 e. The maximum absolute atomic E-state index is 6.18. The second kappa shape index (κ2) is 5.68. The van der Waals surface area contributed by atoms with Gasteiger partial charge in [0.2, 0.25) is 0 Å². The normalized spacial score (nSPS) is 24.1. The van der Waals surface area contributed by atoms with Gasteiger partial charge in [-0.2, -0.15) is 0 Å². The van der Waals surface area contributed by atoms with Gasteiger partial charge in [-0.1, -0.05) is 23.7 Å². The molecule has 1 aliphatic heterocycles. The maximum atomic E-state index is 6.18. The van der Waals surface area contributed by atoms with E-state index in [-0.39, 0.29) is 0 Å². The zero-order valence-corrected chi connectivity index (χ0v) is 12.7. The SMILES string of the molecule is C[C@@H]1CN(Cc2ccc3c(Cl)ccnc3c2)C[C@H](C)N1. The van der Waals surface area contributed by atoms with Gasteiger partial charge in [0.05, 0.1) is 10.5 Å². The van der Waals surface area contributed by atoms with E-state index in [1.165, 1.54) is 5.56 Å². The minimum atomic E-state index is 0.548. The second-order valence-electron chi connectivity index (χ2n) is 5.81. The fourth-order valence-corrected chi connectivity index (χ4v) is 3.30. The summed E-state index contributed by atoms with van der Waals surface area (Å²) in [5.74, 6) is 0. The van der Waals surface area contributed by atoms with Crippen molar-refractivity contribution in [3.05, 3.63) is 41.0 Å². The molecule has 0 radical (unpaired) electrons. The van der Waals surface area contributed by atoms with Crippen molar-refractivity contribution in [2.75, 3.05) is 13.1 Å². The van der Waals surface area contributed by atoms with Crippen LogP contribution in [0.25, 0.3) is 10.9 Å². The molecule has 1 fully saturated rings. The average Bonchev–Trinajstić information content (AvgIpc) is 2.37. The van der Waals surface area contributed by atoms with Crippen LogP contribution in [0.15, 0.2) is 30.5 Å². The number of halogens is 1. The molecule has 0 aliphatic carbocycles. The molecule has 2 atom stereocenters. The smallest absolute Gasteiger partial charge is 0.0720 e. The highest BCUT2D eigenvalue weighted by atomic mass is 35.5. The molecule has 0 unspecified atom stereocenters.